The number of hydrogen-bond donors (Lipinski definition) is 1. The van der Waals surface area contributed by atoms with Crippen molar-refractivity contribution in [2.45, 2.75) is 57.7 Å². The lowest BCUT2D eigenvalue weighted by Gasteiger charge is -2.20. The molecule has 1 aliphatic rings. The molecule has 7 nitrogen and oxygen atoms in total. The number of amides is 2. The molecule has 1 aliphatic heterocycles. The number of fused-ring (bicyclic) bond motifs is 1. The molecular formula is C22H23BrF6N4O3. The van der Waals surface area contributed by atoms with E-state index in [4.69, 9.17) is 4.74 Å². The van der Waals surface area contributed by atoms with E-state index in [0.29, 0.717) is 49.5 Å². The molecule has 2 aromatic rings. The molecule has 1 aromatic heterocycles. The van der Waals surface area contributed by atoms with Gasteiger partial charge < -0.3 is 15.0 Å². The van der Waals surface area contributed by atoms with Gasteiger partial charge in [-0.2, -0.15) is 31.4 Å². The molecule has 0 atom stereocenters. The Morgan fingerprint density at radius 1 is 1.00 bits per heavy atom. The van der Waals surface area contributed by atoms with Gasteiger partial charge in [-0.15, -0.1) is 0 Å². The maximum Gasteiger partial charge on any atom is 0.416 e. The average Bonchev–Trinajstić information content (AvgIpc) is 3.04. The standard InChI is InChI=1S/C22H23BrF6N4O3/c23-5-2-1-4-19(34)30-18-11-17-12-32(6-3-7-33(17)31-18)20(35)36-13-14-8-15(21(24,25)26)10-16(9-14)22(27,28)29/h8-11H,1-7,12-13H2,(H,30,31,34). The first-order valence-electron chi connectivity index (χ1n) is 11.0. The molecule has 0 aliphatic carbocycles. The highest BCUT2D eigenvalue weighted by atomic mass is 79.9. The van der Waals surface area contributed by atoms with E-state index in [2.05, 4.69) is 26.3 Å². The van der Waals surface area contributed by atoms with Gasteiger partial charge >= 0.3 is 18.4 Å². The SMILES string of the molecule is O=C(CCCCBr)Nc1cc2n(n1)CCCN(C(=O)OCc1cc(C(F)(F)F)cc(C(F)(F)F)c1)C2. The Bertz CT molecular complexity index is 1050. The third-order valence-corrected chi connectivity index (χ3v) is 5.90. The van der Waals surface area contributed by atoms with Crippen LogP contribution in [0.4, 0.5) is 37.0 Å². The Balaban J connectivity index is 1.65. The number of carbonyl (C=O) groups excluding carboxylic acids is 2. The molecule has 3 rings (SSSR count). The van der Waals surface area contributed by atoms with Crippen molar-refractivity contribution in [2.24, 2.45) is 0 Å². The average molecular weight is 585 g/mol. The van der Waals surface area contributed by atoms with Crippen molar-refractivity contribution in [2.75, 3.05) is 17.2 Å². The van der Waals surface area contributed by atoms with Gasteiger partial charge in [0.1, 0.15) is 6.61 Å². The zero-order valence-electron chi connectivity index (χ0n) is 18.9. The lowest BCUT2D eigenvalue weighted by Crippen LogP contribution is -2.31. The van der Waals surface area contributed by atoms with Crippen LogP contribution in [0.3, 0.4) is 0 Å². The molecule has 0 unspecified atom stereocenters. The first-order valence-corrected chi connectivity index (χ1v) is 12.1. The van der Waals surface area contributed by atoms with Crippen LogP contribution in [0.25, 0.3) is 0 Å². The van der Waals surface area contributed by atoms with Gasteiger partial charge in [-0.3, -0.25) is 9.48 Å². The van der Waals surface area contributed by atoms with E-state index in [1.807, 2.05) is 0 Å². The van der Waals surface area contributed by atoms with Gasteiger partial charge in [0.2, 0.25) is 5.91 Å². The fourth-order valence-electron chi connectivity index (χ4n) is 3.60. The lowest BCUT2D eigenvalue weighted by molar-refractivity contribution is -0.143. The van der Waals surface area contributed by atoms with Crippen molar-refractivity contribution in [1.29, 1.82) is 0 Å². The smallest absolute Gasteiger partial charge is 0.416 e. The summed E-state index contributed by atoms with van der Waals surface area (Å²) in [5.74, 6) is 0.132. The van der Waals surface area contributed by atoms with E-state index in [0.717, 1.165) is 11.8 Å². The Hall–Kier alpha value is -2.77. The first-order chi connectivity index (χ1) is 16.9. The van der Waals surface area contributed by atoms with E-state index >= 15 is 0 Å². The quantitative estimate of drug-likeness (QED) is 0.247. The van der Waals surface area contributed by atoms with Crippen LogP contribution in [0.1, 0.15) is 48.1 Å². The minimum atomic E-state index is -5.00. The molecule has 36 heavy (non-hydrogen) atoms. The number of nitrogens with one attached hydrogen (secondary N) is 1. The Kier molecular flexibility index (Phi) is 8.90. The first kappa shape index (κ1) is 27.8. The molecule has 2 heterocycles. The summed E-state index contributed by atoms with van der Waals surface area (Å²) in [4.78, 5) is 25.9. The third-order valence-electron chi connectivity index (χ3n) is 5.34. The summed E-state index contributed by atoms with van der Waals surface area (Å²) in [6.07, 6.45) is -8.52. The minimum absolute atomic E-state index is 0.0133. The highest BCUT2D eigenvalue weighted by Gasteiger charge is 2.37. The number of hydrogen-bond acceptors (Lipinski definition) is 4. The second-order valence-corrected chi connectivity index (χ2v) is 8.98. The van der Waals surface area contributed by atoms with E-state index in [9.17, 15) is 35.9 Å². The summed E-state index contributed by atoms with van der Waals surface area (Å²) in [6.45, 7) is -0.0348. The molecule has 0 radical (unpaired) electrons. The van der Waals surface area contributed by atoms with Gasteiger partial charge in [-0.25, -0.2) is 4.79 Å². The number of nitrogens with zero attached hydrogens (tertiary/aromatic N) is 3. The van der Waals surface area contributed by atoms with Gasteiger partial charge in [-0.05, 0) is 43.0 Å². The minimum Gasteiger partial charge on any atom is -0.445 e. The maximum absolute atomic E-state index is 13.1. The van der Waals surface area contributed by atoms with Crippen LogP contribution in [0.5, 0.6) is 0 Å². The number of unbranched alkanes of at least 4 members (excludes halogenated alkanes) is 1. The molecule has 198 valence electrons. The number of benzene rings is 1. The van der Waals surface area contributed by atoms with Crippen LogP contribution in [0.2, 0.25) is 0 Å². The molecule has 1 aromatic carbocycles. The van der Waals surface area contributed by atoms with E-state index < -0.39 is 41.7 Å². The number of carbonyl (C=O) groups is 2. The Morgan fingerprint density at radius 3 is 2.28 bits per heavy atom. The molecule has 2 amide bonds. The van der Waals surface area contributed by atoms with Crippen molar-refractivity contribution in [3.8, 4) is 0 Å². The number of alkyl halides is 7. The Morgan fingerprint density at radius 2 is 1.67 bits per heavy atom. The van der Waals surface area contributed by atoms with E-state index in [1.54, 1.807) is 10.7 Å². The highest BCUT2D eigenvalue weighted by molar-refractivity contribution is 9.09. The van der Waals surface area contributed by atoms with Crippen LogP contribution in [-0.4, -0.2) is 38.6 Å². The number of aryl methyl sites for hydroxylation is 1. The van der Waals surface area contributed by atoms with Gasteiger partial charge in [-0.1, -0.05) is 15.9 Å². The van der Waals surface area contributed by atoms with Gasteiger partial charge in [0, 0.05) is 30.9 Å². The van der Waals surface area contributed by atoms with Crippen LogP contribution >= 0.6 is 15.9 Å². The predicted molar refractivity (Wildman–Crippen MR) is 120 cm³/mol. The Labute approximate surface area is 210 Å². The van der Waals surface area contributed by atoms with Crippen LogP contribution in [0, 0.1) is 0 Å². The van der Waals surface area contributed by atoms with Gasteiger partial charge in [0.15, 0.2) is 5.82 Å². The zero-order chi connectivity index (χ0) is 26.5. The topological polar surface area (TPSA) is 76.5 Å². The molecule has 14 heteroatoms. The molecule has 1 N–H and O–H groups in total. The highest BCUT2D eigenvalue weighted by Crippen LogP contribution is 2.36. The number of ether oxygens (including phenoxy) is 1. The largest absolute Gasteiger partial charge is 0.445 e. The fraction of sp³-hybridized carbons (Fsp3) is 0.500. The molecule has 0 spiro atoms. The molecule has 0 saturated carbocycles. The van der Waals surface area contributed by atoms with Gasteiger partial charge in [0.05, 0.1) is 23.4 Å². The second-order valence-electron chi connectivity index (χ2n) is 8.18. The van der Waals surface area contributed by atoms with Crippen molar-refractivity contribution in [3.63, 3.8) is 0 Å². The summed E-state index contributed by atoms with van der Waals surface area (Å²) in [7, 11) is 0. The summed E-state index contributed by atoms with van der Waals surface area (Å²) < 4.78 is 85.0. The number of anilines is 1. The zero-order valence-corrected chi connectivity index (χ0v) is 20.5. The van der Waals surface area contributed by atoms with Crippen LogP contribution in [-0.2, 0) is 41.6 Å². The maximum atomic E-state index is 13.1. The van der Waals surface area contributed by atoms with Crippen molar-refractivity contribution in [3.05, 3.63) is 46.6 Å². The number of rotatable bonds is 7. The summed E-state index contributed by atoms with van der Waals surface area (Å²) in [5, 5.41) is 7.81. The van der Waals surface area contributed by atoms with Gasteiger partial charge in [0.25, 0.3) is 0 Å². The van der Waals surface area contributed by atoms with E-state index in [-0.39, 0.29) is 25.1 Å². The normalized spacial score (nSPS) is 14.2. The predicted octanol–water partition coefficient (Wildman–Crippen LogP) is 5.97. The third kappa shape index (κ3) is 7.61. The van der Waals surface area contributed by atoms with E-state index in [1.165, 1.54) is 4.90 Å². The molecule has 0 bridgehead atoms. The monoisotopic (exact) mass is 584 g/mol. The van der Waals surface area contributed by atoms with Crippen molar-refractivity contribution in [1.82, 2.24) is 14.7 Å². The molecule has 0 saturated heterocycles. The second kappa shape index (κ2) is 11.5. The van der Waals surface area contributed by atoms with Crippen LogP contribution in [0.15, 0.2) is 24.3 Å². The summed E-state index contributed by atoms with van der Waals surface area (Å²) in [6, 6.07) is 2.66. The summed E-state index contributed by atoms with van der Waals surface area (Å²) in [5.41, 5.74) is -2.80. The fourth-order valence-corrected chi connectivity index (χ4v) is 4.00. The van der Waals surface area contributed by atoms with Crippen molar-refractivity contribution >= 4 is 33.7 Å². The molecule has 0 fully saturated rings. The lowest BCUT2D eigenvalue weighted by atomic mass is 10.1. The summed E-state index contributed by atoms with van der Waals surface area (Å²) >= 11 is 3.30. The number of halogens is 7. The van der Waals surface area contributed by atoms with Crippen LogP contribution < -0.4 is 5.32 Å². The molecular weight excluding hydrogens is 562 g/mol. The number of aromatic nitrogens is 2. The van der Waals surface area contributed by atoms with Crippen molar-refractivity contribution < 1.29 is 40.7 Å².